The number of alkyl halides is 3. The molecule has 2 rings (SSSR count). The summed E-state index contributed by atoms with van der Waals surface area (Å²) >= 11 is 0. The minimum absolute atomic E-state index is 0.163. The van der Waals surface area contributed by atoms with Gasteiger partial charge in [0.15, 0.2) is 0 Å². The highest BCUT2D eigenvalue weighted by Gasteiger charge is 2.36. The Hall–Kier alpha value is -1.07. The van der Waals surface area contributed by atoms with Crippen LogP contribution in [-0.2, 0) is 6.18 Å². The second kappa shape index (κ2) is 6.36. The van der Waals surface area contributed by atoms with Gasteiger partial charge in [-0.2, -0.15) is 13.2 Å². The van der Waals surface area contributed by atoms with E-state index in [1.165, 1.54) is 12.1 Å². The summed E-state index contributed by atoms with van der Waals surface area (Å²) in [6, 6.07) is 5.79. The maximum atomic E-state index is 13.1. The summed E-state index contributed by atoms with van der Waals surface area (Å²) in [5.41, 5.74) is 5.91. The first-order chi connectivity index (χ1) is 9.84. The van der Waals surface area contributed by atoms with E-state index in [0.29, 0.717) is 11.5 Å². The molecule has 3 unspecified atom stereocenters. The first-order valence-corrected chi connectivity index (χ1v) is 7.50. The normalized spacial score (nSPS) is 25.8. The Morgan fingerprint density at radius 1 is 1.33 bits per heavy atom. The van der Waals surface area contributed by atoms with E-state index in [4.69, 9.17) is 5.73 Å². The lowest BCUT2D eigenvalue weighted by molar-refractivity contribution is -0.138. The molecule has 0 bridgehead atoms. The standard InChI is InChI=1S/C16H23F3N2/c1-3-12-10-21(9-8-15(12)20)11(2)13-6-4-5-7-14(13)16(17,18)19/h4-7,11-12,15H,3,8-10,20H2,1-2H3. The van der Waals surface area contributed by atoms with E-state index in [1.54, 1.807) is 12.1 Å². The minimum atomic E-state index is -4.30. The highest BCUT2D eigenvalue weighted by molar-refractivity contribution is 5.32. The summed E-state index contributed by atoms with van der Waals surface area (Å²) in [4.78, 5) is 2.13. The molecule has 1 saturated heterocycles. The largest absolute Gasteiger partial charge is 0.416 e. The van der Waals surface area contributed by atoms with Gasteiger partial charge in [0.05, 0.1) is 5.56 Å². The van der Waals surface area contributed by atoms with Gasteiger partial charge < -0.3 is 5.73 Å². The molecule has 0 saturated carbocycles. The summed E-state index contributed by atoms with van der Waals surface area (Å²) in [5.74, 6) is 0.360. The summed E-state index contributed by atoms with van der Waals surface area (Å²) in [7, 11) is 0. The molecular formula is C16H23F3N2. The van der Waals surface area contributed by atoms with Crippen LogP contribution in [-0.4, -0.2) is 24.0 Å². The molecule has 5 heteroatoms. The van der Waals surface area contributed by atoms with Crippen LogP contribution in [0.5, 0.6) is 0 Å². The van der Waals surface area contributed by atoms with E-state index >= 15 is 0 Å². The van der Waals surface area contributed by atoms with Crippen LogP contribution in [0.25, 0.3) is 0 Å². The summed E-state index contributed by atoms with van der Waals surface area (Å²) < 4.78 is 39.4. The van der Waals surface area contributed by atoms with Crippen molar-refractivity contribution in [1.82, 2.24) is 4.90 Å². The Morgan fingerprint density at radius 2 is 2.00 bits per heavy atom. The molecule has 21 heavy (non-hydrogen) atoms. The molecule has 1 aromatic carbocycles. The van der Waals surface area contributed by atoms with Crippen LogP contribution >= 0.6 is 0 Å². The van der Waals surface area contributed by atoms with Crippen molar-refractivity contribution in [3.8, 4) is 0 Å². The van der Waals surface area contributed by atoms with Gasteiger partial charge in [-0.1, -0.05) is 31.5 Å². The van der Waals surface area contributed by atoms with Crippen molar-refractivity contribution >= 4 is 0 Å². The molecule has 0 amide bonds. The number of nitrogens with zero attached hydrogens (tertiary/aromatic N) is 1. The highest BCUT2D eigenvalue weighted by Crippen LogP contribution is 2.37. The maximum absolute atomic E-state index is 13.1. The molecule has 1 heterocycles. The molecule has 1 aromatic rings. The number of benzene rings is 1. The third-order valence-corrected chi connectivity index (χ3v) is 4.61. The zero-order valence-corrected chi connectivity index (χ0v) is 12.5. The molecular weight excluding hydrogens is 277 g/mol. The Labute approximate surface area is 124 Å². The predicted molar refractivity (Wildman–Crippen MR) is 77.8 cm³/mol. The van der Waals surface area contributed by atoms with Crippen molar-refractivity contribution < 1.29 is 13.2 Å². The van der Waals surface area contributed by atoms with Crippen molar-refractivity contribution in [1.29, 1.82) is 0 Å². The first kappa shape index (κ1) is 16.3. The average molecular weight is 300 g/mol. The molecule has 0 spiro atoms. The Kier molecular flexibility index (Phi) is 4.94. The van der Waals surface area contributed by atoms with Crippen LogP contribution in [0.4, 0.5) is 13.2 Å². The molecule has 1 aliphatic heterocycles. The van der Waals surface area contributed by atoms with E-state index in [-0.39, 0.29) is 12.1 Å². The van der Waals surface area contributed by atoms with Crippen LogP contribution in [0.1, 0.15) is 43.9 Å². The molecule has 0 radical (unpaired) electrons. The lowest BCUT2D eigenvalue weighted by Gasteiger charge is -2.40. The molecule has 1 fully saturated rings. The molecule has 118 valence electrons. The number of nitrogens with two attached hydrogens (primary N) is 1. The first-order valence-electron chi connectivity index (χ1n) is 7.50. The summed E-state index contributed by atoms with van der Waals surface area (Å²) in [6.45, 7) is 5.46. The Balaban J connectivity index is 2.23. The number of piperidine rings is 1. The van der Waals surface area contributed by atoms with Gasteiger partial charge in [-0.3, -0.25) is 4.90 Å². The fourth-order valence-corrected chi connectivity index (χ4v) is 3.18. The predicted octanol–water partition coefficient (Wildman–Crippen LogP) is 3.83. The van der Waals surface area contributed by atoms with E-state index in [2.05, 4.69) is 11.8 Å². The van der Waals surface area contributed by atoms with Gasteiger partial charge in [0, 0.05) is 25.2 Å². The summed E-state index contributed by atoms with van der Waals surface area (Å²) in [5, 5.41) is 0. The smallest absolute Gasteiger partial charge is 0.327 e. The van der Waals surface area contributed by atoms with E-state index < -0.39 is 11.7 Å². The van der Waals surface area contributed by atoms with Crippen LogP contribution in [0.3, 0.4) is 0 Å². The number of hydrogen-bond acceptors (Lipinski definition) is 2. The number of halogens is 3. The fraction of sp³-hybridized carbons (Fsp3) is 0.625. The number of hydrogen-bond donors (Lipinski definition) is 1. The van der Waals surface area contributed by atoms with Gasteiger partial charge in [0.25, 0.3) is 0 Å². The van der Waals surface area contributed by atoms with Gasteiger partial charge in [-0.05, 0) is 30.9 Å². The highest BCUT2D eigenvalue weighted by atomic mass is 19.4. The average Bonchev–Trinajstić information content (AvgIpc) is 2.46. The Morgan fingerprint density at radius 3 is 2.62 bits per heavy atom. The van der Waals surface area contributed by atoms with Crippen LogP contribution in [0.2, 0.25) is 0 Å². The lowest BCUT2D eigenvalue weighted by Crippen LogP contribution is -2.47. The van der Waals surface area contributed by atoms with Gasteiger partial charge in [0.2, 0.25) is 0 Å². The number of likely N-dealkylation sites (tertiary alicyclic amines) is 1. The third-order valence-electron chi connectivity index (χ3n) is 4.61. The van der Waals surface area contributed by atoms with Gasteiger partial charge in [0.1, 0.15) is 0 Å². The third kappa shape index (κ3) is 3.58. The van der Waals surface area contributed by atoms with Crippen molar-refractivity contribution in [2.24, 2.45) is 11.7 Å². The minimum Gasteiger partial charge on any atom is -0.327 e. The lowest BCUT2D eigenvalue weighted by atomic mass is 9.88. The van der Waals surface area contributed by atoms with Crippen LogP contribution in [0, 0.1) is 5.92 Å². The quantitative estimate of drug-likeness (QED) is 0.919. The topological polar surface area (TPSA) is 29.3 Å². The van der Waals surface area contributed by atoms with Crippen LogP contribution < -0.4 is 5.73 Å². The zero-order valence-electron chi connectivity index (χ0n) is 12.5. The van der Waals surface area contributed by atoms with Crippen molar-refractivity contribution in [2.45, 2.75) is 44.9 Å². The molecule has 0 aromatic heterocycles. The zero-order chi connectivity index (χ0) is 15.6. The van der Waals surface area contributed by atoms with Gasteiger partial charge in [-0.15, -0.1) is 0 Å². The van der Waals surface area contributed by atoms with E-state index in [9.17, 15) is 13.2 Å². The Bertz CT molecular complexity index is 473. The molecule has 2 nitrogen and oxygen atoms in total. The number of rotatable bonds is 3. The van der Waals surface area contributed by atoms with Crippen molar-refractivity contribution in [3.05, 3.63) is 35.4 Å². The van der Waals surface area contributed by atoms with Gasteiger partial charge in [-0.25, -0.2) is 0 Å². The fourth-order valence-electron chi connectivity index (χ4n) is 3.18. The second-order valence-electron chi connectivity index (χ2n) is 5.88. The van der Waals surface area contributed by atoms with E-state index in [0.717, 1.165) is 25.9 Å². The molecule has 1 aliphatic rings. The van der Waals surface area contributed by atoms with Crippen molar-refractivity contribution in [3.63, 3.8) is 0 Å². The van der Waals surface area contributed by atoms with Crippen molar-refractivity contribution in [2.75, 3.05) is 13.1 Å². The summed E-state index contributed by atoms with van der Waals surface area (Å²) in [6.07, 6.45) is -2.50. The molecule has 0 aliphatic carbocycles. The van der Waals surface area contributed by atoms with E-state index in [1.807, 2.05) is 6.92 Å². The van der Waals surface area contributed by atoms with Crippen LogP contribution in [0.15, 0.2) is 24.3 Å². The van der Waals surface area contributed by atoms with Gasteiger partial charge >= 0.3 is 6.18 Å². The SMILES string of the molecule is CCC1CN(C(C)c2ccccc2C(F)(F)F)CCC1N. The molecule has 3 atom stereocenters. The maximum Gasteiger partial charge on any atom is 0.416 e. The monoisotopic (exact) mass is 300 g/mol. The molecule has 2 N–H and O–H groups in total. The second-order valence-corrected chi connectivity index (χ2v) is 5.88.